The first-order valence-corrected chi connectivity index (χ1v) is 5.64. The number of hydrogen-bond donors (Lipinski definition) is 1. The highest BCUT2D eigenvalue weighted by Gasteiger charge is 2.20. The van der Waals surface area contributed by atoms with Crippen molar-refractivity contribution in [1.29, 1.82) is 0 Å². The number of methoxy groups -OCH3 is 1. The summed E-state index contributed by atoms with van der Waals surface area (Å²) in [5.41, 5.74) is 5.71. The van der Waals surface area contributed by atoms with Gasteiger partial charge in [-0.05, 0) is 19.3 Å². The zero-order valence-corrected chi connectivity index (χ0v) is 10.4. The van der Waals surface area contributed by atoms with E-state index in [-0.39, 0.29) is 12.0 Å². The van der Waals surface area contributed by atoms with E-state index >= 15 is 0 Å². The fourth-order valence-electron chi connectivity index (χ4n) is 1.55. The van der Waals surface area contributed by atoms with Crippen LogP contribution >= 0.6 is 0 Å². The summed E-state index contributed by atoms with van der Waals surface area (Å²) in [5, 5.41) is 3.90. The molecule has 0 bridgehead atoms. The van der Waals surface area contributed by atoms with Crippen LogP contribution in [0.1, 0.15) is 50.9 Å². The molecule has 1 heterocycles. The first kappa shape index (κ1) is 13.1. The number of rotatable bonds is 6. The number of hydrogen-bond acceptors (Lipinski definition) is 5. The minimum atomic E-state index is -0.144. The van der Waals surface area contributed by atoms with Gasteiger partial charge in [-0.1, -0.05) is 19.0 Å². The molecule has 0 aliphatic rings. The van der Waals surface area contributed by atoms with Gasteiger partial charge in [-0.3, -0.25) is 0 Å². The molecule has 0 fully saturated rings. The van der Waals surface area contributed by atoms with Gasteiger partial charge >= 0.3 is 0 Å². The molecule has 0 radical (unpaired) electrons. The highest BCUT2D eigenvalue weighted by Crippen LogP contribution is 2.22. The quantitative estimate of drug-likeness (QED) is 0.803. The van der Waals surface area contributed by atoms with Crippen LogP contribution in [0, 0.1) is 5.92 Å². The van der Waals surface area contributed by atoms with E-state index in [1.54, 1.807) is 7.11 Å². The first-order valence-electron chi connectivity index (χ1n) is 5.64. The third kappa shape index (κ3) is 3.28. The fourth-order valence-corrected chi connectivity index (χ4v) is 1.55. The molecular weight excluding hydrogens is 206 g/mol. The predicted molar refractivity (Wildman–Crippen MR) is 61.0 cm³/mol. The number of nitrogens with two attached hydrogens (primary N) is 1. The standard InChI is InChI=1S/C11H21N3O2/c1-7(2)5-9(6-12)11-13-10(14-16-11)8(3)15-4/h7-9H,5-6,12H2,1-4H3. The van der Waals surface area contributed by atoms with Crippen LogP contribution in [-0.4, -0.2) is 23.8 Å². The number of nitrogens with zero attached hydrogens (tertiary/aromatic N) is 2. The molecule has 2 N–H and O–H groups in total. The van der Waals surface area contributed by atoms with Crippen molar-refractivity contribution in [2.75, 3.05) is 13.7 Å². The predicted octanol–water partition coefficient (Wildman–Crippen LogP) is 1.87. The van der Waals surface area contributed by atoms with Crippen LogP contribution < -0.4 is 5.73 Å². The molecule has 1 aromatic heterocycles. The zero-order valence-electron chi connectivity index (χ0n) is 10.4. The Morgan fingerprint density at radius 2 is 2.06 bits per heavy atom. The number of ether oxygens (including phenoxy) is 1. The second kappa shape index (κ2) is 5.96. The van der Waals surface area contributed by atoms with Gasteiger partial charge in [-0.15, -0.1) is 0 Å². The lowest BCUT2D eigenvalue weighted by molar-refractivity contribution is 0.109. The molecule has 5 nitrogen and oxygen atoms in total. The molecule has 2 atom stereocenters. The van der Waals surface area contributed by atoms with E-state index < -0.39 is 0 Å². The van der Waals surface area contributed by atoms with Crippen molar-refractivity contribution >= 4 is 0 Å². The molecule has 0 amide bonds. The minimum absolute atomic E-state index is 0.144. The van der Waals surface area contributed by atoms with Gasteiger partial charge in [0, 0.05) is 13.7 Å². The average molecular weight is 227 g/mol. The maximum atomic E-state index is 5.71. The topological polar surface area (TPSA) is 74.2 Å². The van der Waals surface area contributed by atoms with E-state index in [0.717, 1.165) is 6.42 Å². The summed E-state index contributed by atoms with van der Waals surface area (Å²) in [5.74, 6) is 1.91. The highest BCUT2D eigenvalue weighted by atomic mass is 16.5. The van der Waals surface area contributed by atoms with Crippen LogP contribution in [0.15, 0.2) is 4.52 Å². The third-order valence-corrected chi connectivity index (χ3v) is 2.56. The van der Waals surface area contributed by atoms with Crippen molar-refractivity contribution in [1.82, 2.24) is 10.1 Å². The molecule has 16 heavy (non-hydrogen) atoms. The Bertz CT molecular complexity index is 312. The Morgan fingerprint density at radius 1 is 1.38 bits per heavy atom. The Morgan fingerprint density at radius 3 is 2.56 bits per heavy atom. The van der Waals surface area contributed by atoms with Crippen molar-refractivity contribution < 1.29 is 9.26 Å². The second-order valence-corrected chi connectivity index (χ2v) is 4.43. The van der Waals surface area contributed by atoms with Crippen LogP contribution in [0.25, 0.3) is 0 Å². The molecule has 92 valence electrons. The lowest BCUT2D eigenvalue weighted by Crippen LogP contribution is -2.15. The maximum absolute atomic E-state index is 5.71. The van der Waals surface area contributed by atoms with Gasteiger partial charge in [0.1, 0.15) is 6.10 Å². The molecule has 5 heteroatoms. The fraction of sp³-hybridized carbons (Fsp3) is 0.818. The molecule has 1 aromatic rings. The number of aromatic nitrogens is 2. The molecular formula is C11H21N3O2. The molecule has 0 spiro atoms. The van der Waals surface area contributed by atoms with Crippen LogP contribution in [0.3, 0.4) is 0 Å². The first-order chi connectivity index (χ1) is 7.58. The average Bonchev–Trinajstić information content (AvgIpc) is 2.73. The van der Waals surface area contributed by atoms with E-state index in [1.165, 1.54) is 0 Å². The second-order valence-electron chi connectivity index (χ2n) is 4.43. The van der Waals surface area contributed by atoms with E-state index in [1.807, 2.05) is 6.92 Å². The Kier molecular flexibility index (Phi) is 4.89. The van der Waals surface area contributed by atoms with Crippen LogP contribution in [0.4, 0.5) is 0 Å². The smallest absolute Gasteiger partial charge is 0.231 e. The highest BCUT2D eigenvalue weighted by molar-refractivity contribution is 4.96. The molecule has 0 aliphatic heterocycles. The minimum Gasteiger partial charge on any atom is -0.374 e. The van der Waals surface area contributed by atoms with E-state index in [2.05, 4.69) is 24.0 Å². The van der Waals surface area contributed by atoms with Crippen molar-refractivity contribution in [3.8, 4) is 0 Å². The monoisotopic (exact) mass is 227 g/mol. The van der Waals surface area contributed by atoms with E-state index in [9.17, 15) is 0 Å². The zero-order chi connectivity index (χ0) is 12.1. The SMILES string of the molecule is COC(C)c1noc(C(CN)CC(C)C)n1. The van der Waals surface area contributed by atoms with Crippen LogP contribution in [0.2, 0.25) is 0 Å². The Labute approximate surface area is 96.4 Å². The largest absolute Gasteiger partial charge is 0.374 e. The molecule has 0 saturated carbocycles. The summed E-state index contributed by atoms with van der Waals surface area (Å²) in [6.45, 7) is 6.71. The van der Waals surface area contributed by atoms with Gasteiger partial charge < -0.3 is 15.0 Å². The maximum Gasteiger partial charge on any atom is 0.231 e. The molecule has 0 saturated heterocycles. The van der Waals surface area contributed by atoms with Gasteiger partial charge in [-0.2, -0.15) is 4.98 Å². The van der Waals surface area contributed by atoms with Gasteiger partial charge in [0.25, 0.3) is 0 Å². The molecule has 2 unspecified atom stereocenters. The van der Waals surface area contributed by atoms with E-state index in [4.69, 9.17) is 15.0 Å². The summed E-state index contributed by atoms with van der Waals surface area (Å²) >= 11 is 0. The summed E-state index contributed by atoms with van der Waals surface area (Å²) in [6, 6.07) is 0. The molecule has 0 aliphatic carbocycles. The molecule has 1 rings (SSSR count). The van der Waals surface area contributed by atoms with Crippen molar-refractivity contribution in [3.63, 3.8) is 0 Å². The van der Waals surface area contributed by atoms with Crippen molar-refractivity contribution in [2.45, 2.75) is 39.2 Å². The lowest BCUT2D eigenvalue weighted by atomic mass is 9.97. The molecule has 0 aromatic carbocycles. The van der Waals surface area contributed by atoms with Gasteiger partial charge in [0.2, 0.25) is 5.89 Å². The van der Waals surface area contributed by atoms with Gasteiger partial charge in [0.05, 0.1) is 5.92 Å². The van der Waals surface area contributed by atoms with Crippen molar-refractivity contribution in [2.24, 2.45) is 11.7 Å². The van der Waals surface area contributed by atoms with Crippen molar-refractivity contribution in [3.05, 3.63) is 11.7 Å². The van der Waals surface area contributed by atoms with Gasteiger partial charge in [0.15, 0.2) is 5.82 Å². The Balaban J connectivity index is 2.74. The van der Waals surface area contributed by atoms with E-state index in [0.29, 0.717) is 24.2 Å². The van der Waals surface area contributed by atoms with Gasteiger partial charge in [-0.25, -0.2) is 0 Å². The Hall–Kier alpha value is -0.940. The normalized spacial score (nSPS) is 15.4. The summed E-state index contributed by atoms with van der Waals surface area (Å²) in [7, 11) is 1.62. The summed E-state index contributed by atoms with van der Waals surface area (Å²) in [6.07, 6.45) is 0.814. The third-order valence-electron chi connectivity index (χ3n) is 2.56. The van der Waals surface area contributed by atoms with Crippen LogP contribution in [0.5, 0.6) is 0 Å². The summed E-state index contributed by atoms with van der Waals surface area (Å²) < 4.78 is 10.3. The lowest BCUT2D eigenvalue weighted by Gasteiger charge is -2.12. The summed E-state index contributed by atoms with van der Waals surface area (Å²) in [4.78, 5) is 4.32. The van der Waals surface area contributed by atoms with Crippen LogP contribution in [-0.2, 0) is 4.74 Å².